The summed E-state index contributed by atoms with van der Waals surface area (Å²) in [4.78, 5) is 4.88. The molecule has 4 nitrogen and oxygen atoms in total. The highest BCUT2D eigenvalue weighted by atomic mass is 32.2. The zero-order valence-corrected chi connectivity index (χ0v) is 10.9. The molecule has 0 saturated heterocycles. The third-order valence-corrected chi connectivity index (χ3v) is 3.58. The van der Waals surface area contributed by atoms with Crippen LogP contribution in [0.2, 0.25) is 0 Å². The van der Waals surface area contributed by atoms with Gasteiger partial charge in [-0.15, -0.1) is 0 Å². The number of nitrogens with two attached hydrogens (primary N) is 1. The van der Waals surface area contributed by atoms with Crippen LogP contribution >= 0.6 is 11.8 Å². The molecule has 3 rings (SSSR count). The summed E-state index contributed by atoms with van der Waals surface area (Å²) in [6, 6.07) is 11.1. The van der Waals surface area contributed by atoms with Crippen LogP contribution in [0.15, 0.2) is 50.9 Å². The predicted molar refractivity (Wildman–Crippen MR) is 73.7 cm³/mol. The minimum atomic E-state index is -0.448. The van der Waals surface area contributed by atoms with Gasteiger partial charge in [0.15, 0.2) is 5.58 Å². The second-order valence-corrected chi connectivity index (χ2v) is 5.05. The Morgan fingerprint density at radius 1 is 1.25 bits per heavy atom. The fourth-order valence-electron chi connectivity index (χ4n) is 1.74. The fraction of sp³-hybridized carbons (Fsp3) is 0. The first-order valence-electron chi connectivity index (χ1n) is 5.69. The van der Waals surface area contributed by atoms with E-state index in [0.717, 1.165) is 0 Å². The van der Waals surface area contributed by atoms with Crippen LogP contribution in [0.4, 0.5) is 10.1 Å². The van der Waals surface area contributed by atoms with Gasteiger partial charge in [-0.05, 0) is 42.1 Å². The maximum atomic E-state index is 13.1. The van der Waals surface area contributed by atoms with E-state index >= 15 is 0 Å². The molecule has 0 atom stereocenters. The first-order valence-corrected chi connectivity index (χ1v) is 6.51. The normalized spacial score (nSPS) is 10.6. The molecule has 0 fully saturated rings. The van der Waals surface area contributed by atoms with E-state index in [1.54, 1.807) is 18.2 Å². The standard InChI is InChI=1S/C14H8FN3OS/c15-9-1-4-13(8(5-9)7-16)20-14-18-11-3-2-10(17)6-12(11)19-14/h1-6H,17H2. The van der Waals surface area contributed by atoms with E-state index in [4.69, 9.17) is 15.4 Å². The second-order valence-electron chi connectivity index (χ2n) is 4.06. The molecule has 1 heterocycles. The first kappa shape index (κ1) is 12.5. The summed E-state index contributed by atoms with van der Waals surface area (Å²) in [6.45, 7) is 0. The summed E-state index contributed by atoms with van der Waals surface area (Å²) >= 11 is 1.17. The number of hydrogen-bond acceptors (Lipinski definition) is 5. The smallest absolute Gasteiger partial charge is 0.261 e. The van der Waals surface area contributed by atoms with Crippen molar-refractivity contribution in [1.82, 2.24) is 4.98 Å². The highest BCUT2D eigenvalue weighted by Crippen LogP contribution is 2.32. The van der Waals surface area contributed by atoms with Crippen LogP contribution in [0.3, 0.4) is 0 Å². The van der Waals surface area contributed by atoms with E-state index < -0.39 is 5.82 Å². The van der Waals surface area contributed by atoms with Crippen LogP contribution in [-0.4, -0.2) is 4.98 Å². The van der Waals surface area contributed by atoms with Crippen LogP contribution in [-0.2, 0) is 0 Å². The molecule has 20 heavy (non-hydrogen) atoms. The summed E-state index contributed by atoms with van der Waals surface area (Å²) in [5.41, 5.74) is 7.76. The predicted octanol–water partition coefficient (Wildman–Crippen LogP) is 3.57. The summed E-state index contributed by atoms with van der Waals surface area (Å²) in [6.07, 6.45) is 0. The van der Waals surface area contributed by atoms with Gasteiger partial charge in [-0.1, -0.05) is 0 Å². The van der Waals surface area contributed by atoms with Crippen LogP contribution in [0.1, 0.15) is 5.56 Å². The minimum absolute atomic E-state index is 0.247. The molecule has 98 valence electrons. The van der Waals surface area contributed by atoms with Crippen molar-refractivity contribution in [2.45, 2.75) is 10.1 Å². The molecule has 0 amide bonds. The Labute approximate surface area is 118 Å². The van der Waals surface area contributed by atoms with Crippen molar-refractivity contribution >= 4 is 28.5 Å². The molecule has 1 aromatic heterocycles. The minimum Gasteiger partial charge on any atom is -0.431 e. The van der Waals surface area contributed by atoms with Crippen molar-refractivity contribution in [2.75, 3.05) is 5.73 Å². The van der Waals surface area contributed by atoms with Gasteiger partial charge in [0.2, 0.25) is 0 Å². The number of hydrogen-bond donors (Lipinski definition) is 1. The molecule has 0 aliphatic carbocycles. The van der Waals surface area contributed by atoms with Crippen molar-refractivity contribution in [3.63, 3.8) is 0 Å². The Morgan fingerprint density at radius 3 is 2.90 bits per heavy atom. The topological polar surface area (TPSA) is 75.8 Å². The zero-order valence-electron chi connectivity index (χ0n) is 10.1. The molecule has 0 aliphatic rings. The number of nitriles is 1. The van der Waals surface area contributed by atoms with Gasteiger partial charge in [-0.3, -0.25) is 0 Å². The lowest BCUT2D eigenvalue weighted by Gasteiger charge is -1.99. The van der Waals surface area contributed by atoms with Crippen molar-refractivity contribution in [1.29, 1.82) is 5.26 Å². The Morgan fingerprint density at radius 2 is 2.10 bits per heavy atom. The fourth-order valence-corrected chi connectivity index (χ4v) is 2.55. The van der Waals surface area contributed by atoms with Gasteiger partial charge in [0.05, 0.1) is 5.56 Å². The number of benzene rings is 2. The van der Waals surface area contributed by atoms with E-state index in [1.165, 1.54) is 30.0 Å². The maximum Gasteiger partial charge on any atom is 0.261 e. The molecule has 6 heteroatoms. The van der Waals surface area contributed by atoms with Crippen LogP contribution < -0.4 is 5.73 Å². The number of oxazole rings is 1. The van der Waals surface area contributed by atoms with E-state index in [-0.39, 0.29) is 5.56 Å². The van der Waals surface area contributed by atoms with E-state index in [9.17, 15) is 4.39 Å². The third kappa shape index (κ3) is 2.31. The lowest BCUT2D eigenvalue weighted by molar-refractivity contribution is 0.489. The number of anilines is 1. The molecule has 2 aromatic carbocycles. The van der Waals surface area contributed by atoms with E-state index in [2.05, 4.69) is 4.98 Å². The second kappa shape index (κ2) is 4.87. The molecule has 0 saturated carbocycles. The van der Waals surface area contributed by atoms with Crippen LogP contribution in [0, 0.1) is 17.1 Å². The molecule has 0 bridgehead atoms. The van der Waals surface area contributed by atoms with Gasteiger partial charge in [-0.25, -0.2) is 9.37 Å². The molecule has 0 aliphatic heterocycles. The molecule has 2 N–H and O–H groups in total. The summed E-state index contributed by atoms with van der Waals surface area (Å²) in [5.74, 6) is -0.448. The number of aromatic nitrogens is 1. The molecular formula is C14H8FN3OS. The molecule has 3 aromatic rings. The summed E-state index contributed by atoms with van der Waals surface area (Å²) in [7, 11) is 0. The number of nitrogen functional groups attached to an aromatic ring is 1. The lowest BCUT2D eigenvalue weighted by Crippen LogP contribution is -1.83. The van der Waals surface area contributed by atoms with Gasteiger partial charge in [0.25, 0.3) is 5.22 Å². The molecular weight excluding hydrogens is 277 g/mol. The number of rotatable bonds is 2. The monoisotopic (exact) mass is 285 g/mol. The highest BCUT2D eigenvalue weighted by Gasteiger charge is 2.11. The Balaban J connectivity index is 1.99. The van der Waals surface area contributed by atoms with Gasteiger partial charge in [0.1, 0.15) is 17.4 Å². The third-order valence-electron chi connectivity index (χ3n) is 2.65. The van der Waals surface area contributed by atoms with Gasteiger partial charge in [-0.2, -0.15) is 5.26 Å². The molecule has 0 unspecified atom stereocenters. The van der Waals surface area contributed by atoms with E-state index in [1.807, 2.05) is 6.07 Å². The average Bonchev–Trinajstić information content (AvgIpc) is 2.82. The van der Waals surface area contributed by atoms with Crippen LogP contribution in [0.5, 0.6) is 0 Å². The van der Waals surface area contributed by atoms with Crippen molar-refractivity contribution in [3.8, 4) is 6.07 Å². The van der Waals surface area contributed by atoms with Crippen molar-refractivity contribution in [3.05, 3.63) is 47.8 Å². The van der Waals surface area contributed by atoms with Gasteiger partial charge >= 0.3 is 0 Å². The Bertz CT molecular complexity index is 838. The highest BCUT2D eigenvalue weighted by molar-refractivity contribution is 7.99. The lowest BCUT2D eigenvalue weighted by atomic mass is 10.2. The van der Waals surface area contributed by atoms with Crippen LogP contribution in [0.25, 0.3) is 11.1 Å². The number of fused-ring (bicyclic) bond motifs is 1. The summed E-state index contributed by atoms with van der Waals surface area (Å²) < 4.78 is 18.6. The first-order chi connectivity index (χ1) is 9.65. The summed E-state index contributed by atoms with van der Waals surface area (Å²) in [5, 5.41) is 9.38. The van der Waals surface area contributed by atoms with Gasteiger partial charge in [0, 0.05) is 16.6 Å². The molecule has 0 spiro atoms. The number of halogens is 1. The molecule has 0 radical (unpaired) electrons. The Kier molecular flexibility index (Phi) is 3.05. The maximum absolute atomic E-state index is 13.1. The quantitative estimate of drug-likeness (QED) is 0.728. The van der Waals surface area contributed by atoms with Crippen molar-refractivity contribution in [2.24, 2.45) is 0 Å². The number of nitrogens with zero attached hydrogens (tertiary/aromatic N) is 2. The van der Waals surface area contributed by atoms with Crippen molar-refractivity contribution < 1.29 is 8.81 Å². The zero-order chi connectivity index (χ0) is 14.1. The van der Waals surface area contributed by atoms with E-state index in [0.29, 0.717) is 26.9 Å². The average molecular weight is 285 g/mol. The van der Waals surface area contributed by atoms with Gasteiger partial charge < -0.3 is 10.2 Å². The SMILES string of the molecule is N#Cc1cc(F)ccc1Sc1nc2ccc(N)cc2o1. The largest absolute Gasteiger partial charge is 0.431 e. The Hall–Kier alpha value is -2.52.